The first-order valence-electron chi connectivity index (χ1n) is 11.6. The summed E-state index contributed by atoms with van der Waals surface area (Å²) in [6.45, 7) is 7.87. The molecule has 0 saturated heterocycles. The summed E-state index contributed by atoms with van der Waals surface area (Å²) < 4.78 is 28.0. The Morgan fingerprint density at radius 2 is 1.54 bits per heavy atom. The van der Waals surface area contributed by atoms with E-state index in [0.717, 1.165) is 16.7 Å². The first kappa shape index (κ1) is 26.1. The lowest BCUT2D eigenvalue weighted by molar-refractivity contribution is -0.182. The van der Waals surface area contributed by atoms with Gasteiger partial charge in [-0.3, -0.25) is 9.68 Å². The van der Waals surface area contributed by atoms with Crippen LogP contribution in [0.1, 0.15) is 51.3 Å². The molecule has 1 amide bonds. The topological polar surface area (TPSA) is 115 Å². The van der Waals surface area contributed by atoms with Crippen molar-refractivity contribution >= 4 is 32.8 Å². The summed E-state index contributed by atoms with van der Waals surface area (Å²) in [5, 5.41) is 12.2. The fraction of sp³-hybridized carbons (Fsp3) is 0.214. The molecule has 3 aromatic carbocycles. The smallest absolute Gasteiger partial charge is 0.351 e. The van der Waals surface area contributed by atoms with Gasteiger partial charge in [0.1, 0.15) is 0 Å². The molecular weight excluding hydrogens is 492 g/mol. The third-order valence-corrected chi connectivity index (χ3v) is 8.02. The SMILES string of the molecule is Cc1cc(C)cc(S(=O)(=O)n2ccc3ccc(C(=O)NCC(C)(C)c4ccc(C(=O)OO)cc4)cc32)c1. The number of hydrogen-bond donors (Lipinski definition) is 2. The van der Waals surface area contributed by atoms with Crippen LogP contribution in [0.3, 0.4) is 0 Å². The number of carbonyl (C=O) groups is 2. The highest BCUT2D eigenvalue weighted by Crippen LogP contribution is 2.26. The van der Waals surface area contributed by atoms with Crippen LogP contribution in [0.5, 0.6) is 0 Å². The summed E-state index contributed by atoms with van der Waals surface area (Å²) in [6, 6.07) is 18.4. The van der Waals surface area contributed by atoms with Crippen LogP contribution in [0.2, 0.25) is 0 Å². The predicted molar refractivity (Wildman–Crippen MR) is 140 cm³/mol. The van der Waals surface area contributed by atoms with Crippen LogP contribution >= 0.6 is 0 Å². The van der Waals surface area contributed by atoms with E-state index in [2.05, 4.69) is 10.2 Å². The standard InChI is InChI=1S/C28H28N2O6S/c1-18-13-19(2)15-24(14-18)37(34,35)30-12-11-20-5-6-22(16-25(20)30)26(31)29-17-28(3,4)23-9-7-21(8-10-23)27(32)36-33/h5-16,33H,17H2,1-4H3,(H,29,31). The Kier molecular flexibility index (Phi) is 6.94. The maximum Gasteiger partial charge on any atom is 0.372 e. The minimum absolute atomic E-state index is 0.192. The molecule has 37 heavy (non-hydrogen) atoms. The molecule has 192 valence electrons. The molecule has 0 saturated carbocycles. The maximum absolute atomic E-state index is 13.4. The lowest BCUT2D eigenvalue weighted by Crippen LogP contribution is -2.36. The number of rotatable bonds is 7. The minimum Gasteiger partial charge on any atom is -0.351 e. The number of carbonyl (C=O) groups excluding carboxylic acids is 2. The van der Waals surface area contributed by atoms with E-state index in [1.165, 1.54) is 22.3 Å². The molecule has 9 heteroatoms. The van der Waals surface area contributed by atoms with Crippen molar-refractivity contribution in [1.29, 1.82) is 0 Å². The Labute approximate surface area is 215 Å². The molecule has 0 unspecified atom stereocenters. The quantitative estimate of drug-likeness (QED) is 0.266. The second kappa shape index (κ2) is 9.84. The molecule has 4 rings (SSSR count). The molecule has 0 radical (unpaired) electrons. The van der Waals surface area contributed by atoms with Crippen molar-refractivity contribution in [3.63, 3.8) is 0 Å². The highest BCUT2D eigenvalue weighted by Gasteiger charge is 2.24. The summed E-state index contributed by atoms with van der Waals surface area (Å²) in [7, 11) is -3.86. The van der Waals surface area contributed by atoms with E-state index >= 15 is 0 Å². The van der Waals surface area contributed by atoms with Gasteiger partial charge in [-0.05, 0) is 73.0 Å². The Morgan fingerprint density at radius 1 is 0.919 bits per heavy atom. The lowest BCUT2D eigenvalue weighted by Gasteiger charge is -2.26. The summed E-state index contributed by atoms with van der Waals surface area (Å²) in [6.07, 6.45) is 1.50. The number of fused-ring (bicyclic) bond motifs is 1. The third kappa shape index (κ3) is 5.28. The molecule has 0 atom stereocenters. The van der Waals surface area contributed by atoms with E-state index in [9.17, 15) is 18.0 Å². The number of nitrogens with zero attached hydrogens (tertiary/aromatic N) is 1. The number of aryl methyl sites for hydroxylation is 2. The fourth-order valence-corrected chi connectivity index (χ4v) is 5.80. The molecular formula is C28H28N2O6S. The first-order valence-corrected chi connectivity index (χ1v) is 13.1. The highest BCUT2D eigenvalue weighted by molar-refractivity contribution is 7.90. The van der Waals surface area contributed by atoms with Crippen LogP contribution in [-0.2, 0) is 20.3 Å². The fourth-order valence-electron chi connectivity index (χ4n) is 4.27. The summed E-state index contributed by atoms with van der Waals surface area (Å²) in [5.41, 5.74) is 3.04. The second-order valence-electron chi connectivity index (χ2n) is 9.74. The van der Waals surface area contributed by atoms with Crippen molar-refractivity contribution in [2.75, 3.05) is 6.54 Å². The van der Waals surface area contributed by atoms with Gasteiger partial charge < -0.3 is 5.32 Å². The van der Waals surface area contributed by atoms with Crippen molar-refractivity contribution < 1.29 is 28.2 Å². The largest absolute Gasteiger partial charge is 0.372 e. The van der Waals surface area contributed by atoms with E-state index in [4.69, 9.17) is 5.26 Å². The number of amides is 1. The Bertz CT molecular complexity index is 1580. The van der Waals surface area contributed by atoms with Crippen molar-refractivity contribution in [2.45, 2.75) is 38.0 Å². The van der Waals surface area contributed by atoms with Crippen LogP contribution in [0.15, 0.2) is 77.8 Å². The monoisotopic (exact) mass is 520 g/mol. The van der Waals surface area contributed by atoms with Gasteiger partial charge >= 0.3 is 5.97 Å². The van der Waals surface area contributed by atoms with Gasteiger partial charge in [-0.1, -0.05) is 38.1 Å². The van der Waals surface area contributed by atoms with Crippen molar-refractivity contribution in [1.82, 2.24) is 9.29 Å². The third-order valence-electron chi connectivity index (χ3n) is 6.35. The number of hydrogen-bond acceptors (Lipinski definition) is 6. The lowest BCUT2D eigenvalue weighted by atomic mass is 9.84. The van der Waals surface area contributed by atoms with Crippen LogP contribution in [0.4, 0.5) is 0 Å². The van der Waals surface area contributed by atoms with Gasteiger partial charge in [0.05, 0.1) is 16.0 Å². The highest BCUT2D eigenvalue weighted by atomic mass is 32.2. The minimum atomic E-state index is -3.86. The molecule has 2 N–H and O–H groups in total. The molecule has 1 heterocycles. The molecule has 0 aliphatic heterocycles. The first-order chi connectivity index (χ1) is 17.4. The molecule has 0 fully saturated rings. The van der Waals surface area contributed by atoms with Gasteiger partial charge in [0.25, 0.3) is 15.9 Å². The average molecular weight is 521 g/mol. The van der Waals surface area contributed by atoms with E-state index in [-0.39, 0.29) is 22.9 Å². The van der Waals surface area contributed by atoms with Crippen molar-refractivity contribution in [2.24, 2.45) is 0 Å². The summed E-state index contributed by atoms with van der Waals surface area (Å²) in [4.78, 5) is 28.4. The van der Waals surface area contributed by atoms with Gasteiger partial charge in [-0.2, -0.15) is 5.26 Å². The normalized spacial score (nSPS) is 11.9. The van der Waals surface area contributed by atoms with Gasteiger partial charge in [0, 0.05) is 29.1 Å². The zero-order valence-electron chi connectivity index (χ0n) is 21.0. The molecule has 4 aromatic rings. The van der Waals surface area contributed by atoms with Gasteiger partial charge in [0.15, 0.2) is 0 Å². The zero-order valence-corrected chi connectivity index (χ0v) is 21.8. The van der Waals surface area contributed by atoms with E-state index in [1.54, 1.807) is 48.5 Å². The van der Waals surface area contributed by atoms with Crippen molar-refractivity contribution in [3.8, 4) is 0 Å². The Morgan fingerprint density at radius 3 is 2.16 bits per heavy atom. The van der Waals surface area contributed by atoms with Crippen LogP contribution in [0.25, 0.3) is 10.9 Å². The predicted octanol–water partition coefficient (Wildman–Crippen LogP) is 4.83. The van der Waals surface area contributed by atoms with Crippen LogP contribution < -0.4 is 5.32 Å². The van der Waals surface area contributed by atoms with Gasteiger partial charge in [-0.25, -0.2) is 17.2 Å². The Hall–Kier alpha value is -3.95. The Balaban J connectivity index is 1.57. The molecule has 0 bridgehead atoms. The molecule has 0 aliphatic rings. The zero-order chi connectivity index (χ0) is 27.0. The average Bonchev–Trinajstić information content (AvgIpc) is 3.30. The second-order valence-corrected chi connectivity index (χ2v) is 11.6. The molecule has 0 aliphatic carbocycles. The van der Waals surface area contributed by atoms with Crippen LogP contribution in [0, 0.1) is 13.8 Å². The number of nitrogens with one attached hydrogen (secondary N) is 1. The van der Waals surface area contributed by atoms with E-state index in [0.29, 0.717) is 16.5 Å². The number of aromatic nitrogens is 1. The van der Waals surface area contributed by atoms with E-state index in [1.807, 2.05) is 33.8 Å². The maximum atomic E-state index is 13.4. The van der Waals surface area contributed by atoms with Crippen LogP contribution in [-0.4, -0.2) is 36.1 Å². The molecule has 0 spiro atoms. The summed E-state index contributed by atoms with van der Waals surface area (Å²) >= 11 is 0. The summed E-state index contributed by atoms with van der Waals surface area (Å²) in [5.74, 6) is -1.19. The van der Waals surface area contributed by atoms with E-state index < -0.39 is 21.4 Å². The molecule has 8 nitrogen and oxygen atoms in total. The number of benzene rings is 3. The van der Waals surface area contributed by atoms with Gasteiger partial charge in [-0.15, -0.1) is 0 Å². The van der Waals surface area contributed by atoms with Crippen molar-refractivity contribution in [3.05, 3.63) is 101 Å². The van der Waals surface area contributed by atoms with Gasteiger partial charge in [0.2, 0.25) is 0 Å². The molecule has 1 aromatic heterocycles.